The topological polar surface area (TPSA) is 59.1 Å². The molecule has 1 aromatic rings. The highest BCUT2D eigenvalue weighted by atomic mass is 32.1. The number of hydrogen-bond acceptors (Lipinski definition) is 4. The molecule has 1 heterocycles. The third-order valence-corrected chi connectivity index (χ3v) is 2.16. The first kappa shape index (κ1) is 9.85. The zero-order chi connectivity index (χ0) is 9.68. The van der Waals surface area contributed by atoms with Crippen LogP contribution < -0.4 is 5.32 Å². The van der Waals surface area contributed by atoms with Gasteiger partial charge in [0, 0.05) is 18.7 Å². The normalized spacial score (nSPS) is 9.62. The standard InChI is InChI=1S/C8H10N2O2S/c1-6(12)9-8-10-7(5-13-8)3-2-4-11/h4-5H,2-3H2,1H3,(H,9,10,12). The molecular formula is C8H10N2O2S. The minimum atomic E-state index is -0.128. The molecular weight excluding hydrogens is 188 g/mol. The van der Waals surface area contributed by atoms with Gasteiger partial charge in [0.1, 0.15) is 6.29 Å². The highest BCUT2D eigenvalue weighted by Crippen LogP contribution is 2.15. The number of nitrogens with zero attached hydrogens (tertiary/aromatic N) is 1. The quantitative estimate of drug-likeness (QED) is 0.740. The number of carbonyl (C=O) groups is 2. The molecule has 1 rings (SSSR count). The summed E-state index contributed by atoms with van der Waals surface area (Å²) >= 11 is 1.37. The van der Waals surface area contributed by atoms with Gasteiger partial charge in [0.2, 0.25) is 5.91 Å². The molecule has 1 aromatic heterocycles. The number of aldehydes is 1. The zero-order valence-electron chi connectivity index (χ0n) is 7.24. The lowest BCUT2D eigenvalue weighted by Crippen LogP contribution is -2.05. The number of rotatable bonds is 4. The van der Waals surface area contributed by atoms with Crippen LogP contribution in [0.15, 0.2) is 5.38 Å². The Hall–Kier alpha value is -1.23. The molecule has 0 atom stereocenters. The van der Waals surface area contributed by atoms with E-state index in [0.717, 1.165) is 12.0 Å². The van der Waals surface area contributed by atoms with Crippen LogP contribution in [0.4, 0.5) is 5.13 Å². The largest absolute Gasteiger partial charge is 0.303 e. The van der Waals surface area contributed by atoms with Crippen molar-refractivity contribution in [3.63, 3.8) is 0 Å². The minimum Gasteiger partial charge on any atom is -0.303 e. The second kappa shape index (κ2) is 4.71. The number of anilines is 1. The molecule has 1 amide bonds. The first-order chi connectivity index (χ1) is 6.22. The molecule has 0 saturated heterocycles. The maximum atomic E-state index is 10.6. The molecule has 5 heteroatoms. The van der Waals surface area contributed by atoms with Crippen molar-refractivity contribution in [2.24, 2.45) is 0 Å². The number of aromatic nitrogens is 1. The predicted molar refractivity (Wildman–Crippen MR) is 50.8 cm³/mol. The molecule has 0 spiro atoms. The second-order valence-electron chi connectivity index (χ2n) is 2.53. The number of hydrogen-bond donors (Lipinski definition) is 1. The van der Waals surface area contributed by atoms with Crippen LogP contribution in [0.25, 0.3) is 0 Å². The SMILES string of the molecule is CC(=O)Nc1nc(CCC=O)cs1. The van der Waals surface area contributed by atoms with Crippen LogP contribution in [0.5, 0.6) is 0 Å². The van der Waals surface area contributed by atoms with Crippen molar-refractivity contribution in [1.29, 1.82) is 0 Å². The molecule has 0 fully saturated rings. The molecule has 70 valence electrons. The summed E-state index contributed by atoms with van der Waals surface area (Å²) in [6.07, 6.45) is 1.97. The van der Waals surface area contributed by atoms with Gasteiger partial charge >= 0.3 is 0 Å². The molecule has 0 saturated carbocycles. The fourth-order valence-electron chi connectivity index (χ4n) is 0.837. The monoisotopic (exact) mass is 198 g/mol. The Kier molecular flexibility index (Phi) is 3.57. The summed E-state index contributed by atoms with van der Waals surface area (Å²) in [6.45, 7) is 1.44. The van der Waals surface area contributed by atoms with Gasteiger partial charge in [-0.1, -0.05) is 0 Å². The van der Waals surface area contributed by atoms with E-state index >= 15 is 0 Å². The summed E-state index contributed by atoms with van der Waals surface area (Å²) in [5.74, 6) is -0.128. The number of aryl methyl sites for hydroxylation is 1. The molecule has 13 heavy (non-hydrogen) atoms. The van der Waals surface area contributed by atoms with Crippen LogP contribution in [-0.4, -0.2) is 17.2 Å². The van der Waals surface area contributed by atoms with Crippen molar-refractivity contribution < 1.29 is 9.59 Å². The highest BCUT2D eigenvalue weighted by molar-refractivity contribution is 7.13. The van der Waals surface area contributed by atoms with Crippen molar-refractivity contribution in [2.75, 3.05) is 5.32 Å². The van der Waals surface area contributed by atoms with Crippen molar-refractivity contribution in [3.05, 3.63) is 11.1 Å². The molecule has 0 unspecified atom stereocenters. The molecule has 0 bridgehead atoms. The Bertz CT molecular complexity index is 309. The lowest BCUT2D eigenvalue weighted by molar-refractivity contribution is -0.114. The summed E-state index contributed by atoms with van der Waals surface area (Å²) < 4.78 is 0. The fraction of sp³-hybridized carbons (Fsp3) is 0.375. The van der Waals surface area contributed by atoms with E-state index in [1.54, 1.807) is 0 Å². The summed E-state index contributed by atoms with van der Waals surface area (Å²) in [4.78, 5) is 24.8. The Morgan fingerprint density at radius 1 is 1.77 bits per heavy atom. The minimum absolute atomic E-state index is 0.128. The van der Waals surface area contributed by atoms with E-state index in [9.17, 15) is 9.59 Å². The lowest BCUT2D eigenvalue weighted by atomic mass is 10.3. The van der Waals surface area contributed by atoms with Crippen LogP contribution >= 0.6 is 11.3 Å². The van der Waals surface area contributed by atoms with Gasteiger partial charge < -0.3 is 10.1 Å². The first-order valence-electron chi connectivity index (χ1n) is 3.88. The Balaban J connectivity index is 2.53. The lowest BCUT2D eigenvalue weighted by Gasteiger charge is -1.92. The van der Waals surface area contributed by atoms with Gasteiger partial charge in [0.25, 0.3) is 0 Å². The van der Waals surface area contributed by atoms with Crippen LogP contribution in [0.2, 0.25) is 0 Å². The number of carbonyl (C=O) groups excluding carboxylic acids is 2. The average Bonchev–Trinajstić information content (AvgIpc) is 2.48. The molecule has 0 aliphatic heterocycles. The van der Waals surface area contributed by atoms with Crippen molar-refractivity contribution >= 4 is 28.7 Å². The van der Waals surface area contributed by atoms with Crippen molar-refractivity contribution in [3.8, 4) is 0 Å². The van der Waals surface area contributed by atoms with E-state index in [0.29, 0.717) is 18.0 Å². The van der Waals surface area contributed by atoms with Gasteiger partial charge in [-0.25, -0.2) is 4.98 Å². The van der Waals surface area contributed by atoms with E-state index in [1.807, 2.05) is 5.38 Å². The van der Waals surface area contributed by atoms with Gasteiger partial charge in [0.15, 0.2) is 5.13 Å². The van der Waals surface area contributed by atoms with E-state index in [2.05, 4.69) is 10.3 Å². The maximum absolute atomic E-state index is 10.6. The average molecular weight is 198 g/mol. The van der Waals surface area contributed by atoms with Gasteiger partial charge in [0.05, 0.1) is 5.69 Å². The number of amides is 1. The highest BCUT2D eigenvalue weighted by Gasteiger charge is 2.02. The molecule has 0 radical (unpaired) electrons. The smallest absolute Gasteiger partial charge is 0.223 e. The van der Waals surface area contributed by atoms with E-state index in [-0.39, 0.29) is 5.91 Å². The zero-order valence-corrected chi connectivity index (χ0v) is 8.06. The third-order valence-electron chi connectivity index (χ3n) is 1.35. The predicted octanol–water partition coefficient (Wildman–Crippen LogP) is 1.23. The van der Waals surface area contributed by atoms with Gasteiger partial charge in [-0.2, -0.15) is 0 Å². The Morgan fingerprint density at radius 2 is 2.54 bits per heavy atom. The van der Waals surface area contributed by atoms with E-state index in [4.69, 9.17) is 0 Å². The summed E-state index contributed by atoms with van der Waals surface area (Å²) in [5.41, 5.74) is 0.848. The summed E-state index contributed by atoms with van der Waals surface area (Å²) in [5, 5.41) is 5.01. The number of thiazole rings is 1. The maximum Gasteiger partial charge on any atom is 0.223 e. The number of nitrogens with one attached hydrogen (secondary N) is 1. The first-order valence-corrected chi connectivity index (χ1v) is 4.76. The van der Waals surface area contributed by atoms with Crippen LogP contribution in [-0.2, 0) is 16.0 Å². The van der Waals surface area contributed by atoms with Gasteiger partial charge in [-0.15, -0.1) is 11.3 Å². The van der Waals surface area contributed by atoms with Crippen molar-refractivity contribution in [1.82, 2.24) is 4.98 Å². The van der Waals surface area contributed by atoms with E-state index < -0.39 is 0 Å². The van der Waals surface area contributed by atoms with Crippen LogP contribution in [0.1, 0.15) is 19.0 Å². The third kappa shape index (κ3) is 3.33. The Morgan fingerprint density at radius 3 is 3.15 bits per heavy atom. The molecule has 0 aliphatic carbocycles. The summed E-state index contributed by atoms with van der Waals surface area (Å²) in [7, 11) is 0. The van der Waals surface area contributed by atoms with E-state index in [1.165, 1.54) is 18.3 Å². The molecule has 0 aromatic carbocycles. The fourth-order valence-corrected chi connectivity index (χ4v) is 1.63. The van der Waals surface area contributed by atoms with Gasteiger partial charge in [-0.05, 0) is 6.42 Å². The molecule has 1 N–H and O–H groups in total. The van der Waals surface area contributed by atoms with Crippen LogP contribution in [0.3, 0.4) is 0 Å². The Labute approximate surface area is 80.0 Å². The van der Waals surface area contributed by atoms with Crippen LogP contribution in [0, 0.1) is 0 Å². The van der Waals surface area contributed by atoms with Crippen molar-refractivity contribution in [2.45, 2.75) is 19.8 Å². The van der Waals surface area contributed by atoms with Gasteiger partial charge in [-0.3, -0.25) is 4.79 Å². The summed E-state index contributed by atoms with van der Waals surface area (Å²) in [6, 6.07) is 0. The second-order valence-corrected chi connectivity index (χ2v) is 3.39. The molecule has 0 aliphatic rings. The molecule has 4 nitrogen and oxygen atoms in total.